The molecule has 2 aromatic carbocycles. The van der Waals surface area contributed by atoms with E-state index in [4.69, 9.17) is 16.3 Å². The monoisotopic (exact) mass is 442 g/mol. The Balaban J connectivity index is 2.06. The van der Waals surface area contributed by atoms with Crippen LogP contribution in [0.4, 0.5) is 10.1 Å². The van der Waals surface area contributed by atoms with Gasteiger partial charge in [0.15, 0.2) is 0 Å². The van der Waals surface area contributed by atoms with Crippen LogP contribution < -0.4 is 14.8 Å². The van der Waals surface area contributed by atoms with Crippen molar-refractivity contribution < 1.29 is 22.3 Å². The Morgan fingerprint density at radius 1 is 1.17 bits per heavy atom. The van der Waals surface area contributed by atoms with Crippen molar-refractivity contribution in [1.82, 2.24) is 4.72 Å². The molecule has 0 aliphatic rings. The average molecular weight is 443 g/mol. The highest BCUT2D eigenvalue weighted by Gasteiger charge is 2.33. The van der Waals surface area contributed by atoms with E-state index in [2.05, 4.69) is 10.0 Å². The molecule has 0 saturated carbocycles. The van der Waals surface area contributed by atoms with Crippen LogP contribution in [-0.4, -0.2) is 26.0 Å². The normalized spacial score (nSPS) is 12.1. The van der Waals surface area contributed by atoms with Gasteiger partial charge in [0.25, 0.3) is 0 Å². The summed E-state index contributed by atoms with van der Waals surface area (Å²) in [5.41, 5.74) is -0.853. The lowest BCUT2D eigenvalue weighted by atomic mass is 10.1. The Labute approximate surface area is 175 Å². The van der Waals surface area contributed by atoms with E-state index in [0.717, 1.165) is 12.1 Å². The van der Waals surface area contributed by atoms with Gasteiger partial charge in [-0.2, -0.15) is 4.72 Å². The number of nitrogens with one attached hydrogen (secondary N) is 2. The zero-order valence-corrected chi connectivity index (χ0v) is 18.2. The minimum Gasteiger partial charge on any atom is -0.491 e. The smallest absolute Gasteiger partial charge is 0.245 e. The van der Waals surface area contributed by atoms with E-state index >= 15 is 0 Å². The predicted octanol–water partition coefficient (Wildman–Crippen LogP) is 4.10. The van der Waals surface area contributed by atoms with Crippen LogP contribution >= 0.6 is 11.6 Å². The van der Waals surface area contributed by atoms with Crippen LogP contribution in [0.2, 0.25) is 5.02 Å². The topological polar surface area (TPSA) is 84.5 Å². The summed E-state index contributed by atoms with van der Waals surface area (Å²) < 4.78 is 46.3. The fraction of sp³-hybridized carbons (Fsp3) is 0.350. The molecule has 0 heterocycles. The van der Waals surface area contributed by atoms with Crippen LogP contribution in [0.25, 0.3) is 0 Å². The third-order valence-electron chi connectivity index (χ3n) is 3.82. The Kier molecular flexibility index (Phi) is 7.26. The van der Waals surface area contributed by atoms with Crippen molar-refractivity contribution in [2.24, 2.45) is 0 Å². The van der Waals surface area contributed by atoms with Gasteiger partial charge in [0, 0.05) is 10.7 Å². The first-order valence-corrected chi connectivity index (χ1v) is 10.9. The number of ether oxygens (including phenoxy) is 1. The van der Waals surface area contributed by atoms with Gasteiger partial charge < -0.3 is 10.1 Å². The number of rotatable bonds is 8. The molecule has 0 spiro atoms. The SMILES string of the molecule is CC(C)Oc1ccc(NC(=O)C(C)(C)NS(=O)(=O)Cc2cc(F)ccc2Cl)cc1. The lowest BCUT2D eigenvalue weighted by Crippen LogP contribution is -2.52. The van der Waals surface area contributed by atoms with Crippen LogP contribution in [0.5, 0.6) is 5.75 Å². The van der Waals surface area contributed by atoms with E-state index in [-0.39, 0.29) is 16.7 Å². The van der Waals surface area contributed by atoms with Gasteiger partial charge in [0.05, 0.1) is 11.9 Å². The van der Waals surface area contributed by atoms with E-state index in [1.54, 1.807) is 24.3 Å². The van der Waals surface area contributed by atoms with Gasteiger partial charge in [-0.15, -0.1) is 0 Å². The highest BCUT2D eigenvalue weighted by atomic mass is 35.5. The first kappa shape index (κ1) is 23.1. The van der Waals surface area contributed by atoms with Gasteiger partial charge in [-0.3, -0.25) is 4.79 Å². The molecule has 2 N–H and O–H groups in total. The number of hydrogen-bond donors (Lipinski definition) is 2. The summed E-state index contributed by atoms with van der Waals surface area (Å²) in [4.78, 5) is 12.6. The maximum atomic E-state index is 13.4. The van der Waals surface area contributed by atoms with Crippen molar-refractivity contribution in [3.05, 3.63) is 58.9 Å². The number of carbonyl (C=O) groups is 1. The molecule has 0 atom stereocenters. The van der Waals surface area contributed by atoms with Crippen LogP contribution in [0.1, 0.15) is 33.3 Å². The Morgan fingerprint density at radius 3 is 2.38 bits per heavy atom. The van der Waals surface area contributed by atoms with E-state index in [1.807, 2.05) is 13.8 Å². The largest absolute Gasteiger partial charge is 0.491 e. The molecular weight excluding hydrogens is 419 g/mol. The summed E-state index contributed by atoms with van der Waals surface area (Å²) >= 11 is 5.94. The van der Waals surface area contributed by atoms with Crippen molar-refractivity contribution in [3.8, 4) is 5.75 Å². The molecule has 1 amide bonds. The highest BCUT2D eigenvalue weighted by molar-refractivity contribution is 7.88. The molecule has 2 aromatic rings. The van der Waals surface area contributed by atoms with Crippen molar-refractivity contribution in [2.75, 3.05) is 5.32 Å². The summed E-state index contributed by atoms with van der Waals surface area (Å²) in [5, 5.41) is 2.79. The standard InChI is InChI=1S/C20H24ClFN2O4S/c1-13(2)28-17-8-6-16(7-9-17)23-19(25)20(3,4)24-29(26,27)12-14-11-15(22)5-10-18(14)21/h5-11,13,24H,12H2,1-4H3,(H,23,25). The minimum absolute atomic E-state index is 0.0235. The Morgan fingerprint density at radius 2 is 1.79 bits per heavy atom. The molecule has 6 nitrogen and oxygen atoms in total. The van der Waals surface area contributed by atoms with Crippen molar-refractivity contribution in [2.45, 2.75) is 45.1 Å². The summed E-state index contributed by atoms with van der Waals surface area (Å²) in [7, 11) is -3.97. The highest BCUT2D eigenvalue weighted by Crippen LogP contribution is 2.21. The van der Waals surface area contributed by atoms with Gasteiger partial charge in [0.1, 0.15) is 17.1 Å². The quantitative estimate of drug-likeness (QED) is 0.644. The van der Waals surface area contributed by atoms with E-state index in [1.165, 1.54) is 19.9 Å². The zero-order valence-electron chi connectivity index (χ0n) is 16.6. The summed E-state index contributed by atoms with van der Waals surface area (Å²) in [5.74, 6) is -1.04. The number of anilines is 1. The molecule has 9 heteroatoms. The van der Waals surface area contributed by atoms with E-state index in [9.17, 15) is 17.6 Å². The van der Waals surface area contributed by atoms with Gasteiger partial charge >= 0.3 is 0 Å². The molecule has 158 valence electrons. The van der Waals surface area contributed by atoms with Crippen molar-refractivity contribution in [3.63, 3.8) is 0 Å². The minimum atomic E-state index is -3.97. The second-order valence-electron chi connectivity index (χ2n) is 7.37. The van der Waals surface area contributed by atoms with Crippen LogP contribution in [0, 0.1) is 5.82 Å². The molecule has 0 aliphatic carbocycles. The third-order valence-corrected chi connectivity index (χ3v) is 5.70. The molecule has 0 bridgehead atoms. The van der Waals surface area contributed by atoms with E-state index < -0.39 is 33.0 Å². The maximum absolute atomic E-state index is 13.4. The van der Waals surface area contributed by atoms with E-state index in [0.29, 0.717) is 11.4 Å². The fourth-order valence-electron chi connectivity index (χ4n) is 2.51. The summed E-state index contributed by atoms with van der Waals surface area (Å²) in [6.45, 7) is 6.68. The zero-order chi connectivity index (χ0) is 21.8. The summed E-state index contributed by atoms with van der Waals surface area (Å²) in [6, 6.07) is 10.2. The van der Waals surface area contributed by atoms with Gasteiger partial charge in [-0.1, -0.05) is 11.6 Å². The average Bonchev–Trinajstić information content (AvgIpc) is 2.58. The molecule has 0 fully saturated rings. The third kappa shape index (κ3) is 6.99. The molecule has 0 unspecified atom stereocenters. The molecule has 0 aromatic heterocycles. The molecular formula is C20H24ClFN2O4S. The maximum Gasteiger partial charge on any atom is 0.245 e. The van der Waals surface area contributed by atoms with Crippen molar-refractivity contribution in [1.29, 1.82) is 0 Å². The number of sulfonamides is 1. The number of benzene rings is 2. The summed E-state index contributed by atoms with van der Waals surface area (Å²) in [6.07, 6.45) is 0.0235. The Bertz CT molecular complexity index is 976. The lowest BCUT2D eigenvalue weighted by Gasteiger charge is -2.25. The number of halogens is 2. The lowest BCUT2D eigenvalue weighted by molar-refractivity contribution is -0.120. The second kappa shape index (κ2) is 9.11. The molecule has 29 heavy (non-hydrogen) atoms. The predicted molar refractivity (Wildman–Crippen MR) is 112 cm³/mol. The van der Waals surface area contributed by atoms with Crippen LogP contribution in [0.15, 0.2) is 42.5 Å². The molecule has 0 aliphatic heterocycles. The molecule has 0 radical (unpaired) electrons. The fourth-order valence-corrected chi connectivity index (χ4v) is 4.36. The van der Waals surface area contributed by atoms with Crippen LogP contribution in [-0.2, 0) is 20.6 Å². The Hall–Kier alpha value is -2.16. The van der Waals surface area contributed by atoms with Crippen molar-refractivity contribution >= 4 is 33.2 Å². The van der Waals surface area contributed by atoms with Crippen LogP contribution in [0.3, 0.4) is 0 Å². The molecule has 0 saturated heterocycles. The number of hydrogen-bond acceptors (Lipinski definition) is 4. The van der Waals surface area contributed by atoms with Gasteiger partial charge in [-0.25, -0.2) is 12.8 Å². The number of carbonyl (C=O) groups excluding carboxylic acids is 1. The van der Waals surface area contributed by atoms with Gasteiger partial charge in [0.2, 0.25) is 15.9 Å². The first-order chi connectivity index (χ1) is 13.4. The second-order valence-corrected chi connectivity index (χ2v) is 9.50. The first-order valence-electron chi connectivity index (χ1n) is 8.92. The molecule has 2 rings (SSSR count). The number of amides is 1. The van der Waals surface area contributed by atoms with Gasteiger partial charge in [-0.05, 0) is 75.7 Å².